The number of carbonyl (C=O) groups excluding carboxylic acids is 1. The van der Waals surface area contributed by atoms with E-state index in [1.54, 1.807) is 6.92 Å². The summed E-state index contributed by atoms with van der Waals surface area (Å²) >= 11 is 0. The van der Waals surface area contributed by atoms with Crippen molar-refractivity contribution < 1.29 is 22.7 Å². The van der Waals surface area contributed by atoms with E-state index in [1.165, 1.54) is 0 Å². The van der Waals surface area contributed by atoms with Crippen LogP contribution in [0.15, 0.2) is 0 Å². The molecule has 1 saturated heterocycles. The van der Waals surface area contributed by atoms with Crippen LogP contribution in [0.2, 0.25) is 0 Å². The first-order valence-corrected chi connectivity index (χ1v) is 6.01. The van der Waals surface area contributed by atoms with Gasteiger partial charge in [0.05, 0.1) is 12.1 Å². The molecule has 0 radical (unpaired) electrons. The van der Waals surface area contributed by atoms with Crippen molar-refractivity contribution in [2.75, 3.05) is 26.3 Å². The van der Waals surface area contributed by atoms with Gasteiger partial charge in [0, 0.05) is 6.54 Å². The molecule has 7 heteroatoms. The number of hydrogen-bond donors (Lipinski definition) is 2. The van der Waals surface area contributed by atoms with Crippen LogP contribution in [0, 0.1) is 0 Å². The van der Waals surface area contributed by atoms with Gasteiger partial charge >= 0.3 is 6.18 Å². The summed E-state index contributed by atoms with van der Waals surface area (Å²) in [5.74, 6) is -0.183. The summed E-state index contributed by atoms with van der Waals surface area (Å²) in [6, 6.07) is 0. The summed E-state index contributed by atoms with van der Waals surface area (Å²) in [6.07, 6.45) is -1.57. The largest absolute Gasteiger partial charge is 0.411 e. The minimum absolute atomic E-state index is 0.0895. The Labute approximate surface area is 104 Å². The maximum absolute atomic E-state index is 11.8. The molecule has 0 saturated carbocycles. The lowest BCUT2D eigenvalue weighted by molar-refractivity contribution is -0.173. The molecule has 1 aliphatic heterocycles. The third kappa shape index (κ3) is 5.22. The monoisotopic (exact) mass is 268 g/mol. The average molecular weight is 268 g/mol. The molecule has 0 aromatic rings. The summed E-state index contributed by atoms with van der Waals surface area (Å²) < 4.78 is 39.7. The van der Waals surface area contributed by atoms with Gasteiger partial charge in [-0.25, -0.2) is 0 Å². The molecule has 0 aromatic heterocycles. The third-order valence-electron chi connectivity index (χ3n) is 2.92. The van der Waals surface area contributed by atoms with Gasteiger partial charge in [-0.3, -0.25) is 4.79 Å². The molecule has 106 valence electrons. The molecule has 0 aromatic carbocycles. The Kier molecular flexibility index (Phi) is 5.40. The van der Waals surface area contributed by atoms with E-state index in [0.29, 0.717) is 0 Å². The number of ether oxygens (including phenoxy) is 1. The Hall–Kier alpha value is -0.820. The average Bonchev–Trinajstić information content (AvgIpc) is 2.27. The highest BCUT2D eigenvalue weighted by Crippen LogP contribution is 2.18. The normalized spacial score (nSPS) is 24.9. The lowest BCUT2D eigenvalue weighted by atomic mass is 9.90. The topological polar surface area (TPSA) is 50.4 Å². The predicted molar refractivity (Wildman–Crippen MR) is 60.1 cm³/mol. The van der Waals surface area contributed by atoms with Crippen molar-refractivity contribution >= 4 is 5.91 Å². The van der Waals surface area contributed by atoms with Crippen LogP contribution in [0.3, 0.4) is 0 Å². The molecule has 1 fully saturated rings. The van der Waals surface area contributed by atoms with Crippen molar-refractivity contribution in [3.05, 3.63) is 0 Å². The van der Waals surface area contributed by atoms with Gasteiger partial charge in [0.1, 0.15) is 6.61 Å². The van der Waals surface area contributed by atoms with Gasteiger partial charge in [-0.1, -0.05) is 0 Å². The van der Waals surface area contributed by atoms with E-state index in [4.69, 9.17) is 0 Å². The number of piperidine rings is 1. The molecule has 1 unspecified atom stereocenters. The Morgan fingerprint density at radius 2 is 2.17 bits per heavy atom. The smallest absolute Gasteiger partial charge is 0.370 e. The number of alkyl halides is 3. The predicted octanol–water partition coefficient (Wildman–Crippen LogP) is 1.21. The first-order valence-electron chi connectivity index (χ1n) is 6.01. The van der Waals surface area contributed by atoms with E-state index in [9.17, 15) is 18.0 Å². The molecule has 0 aliphatic carbocycles. The second kappa shape index (κ2) is 6.38. The minimum Gasteiger partial charge on any atom is -0.370 e. The Balaban J connectivity index is 2.17. The fraction of sp³-hybridized carbons (Fsp3) is 0.909. The van der Waals surface area contributed by atoms with E-state index in [-0.39, 0.29) is 19.1 Å². The molecule has 1 rings (SSSR count). The van der Waals surface area contributed by atoms with Gasteiger partial charge in [0.25, 0.3) is 0 Å². The highest BCUT2D eigenvalue weighted by atomic mass is 19.4. The van der Waals surface area contributed by atoms with Crippen molar-refractivity contribution in [1.82, 2.24) is 10.6 Å². The Morgan fingerprint density at radius 1 is 1.44 bits per heavy atom. The molecule has 18 heavy (non-hydrogen) atoms. The number of carbonyl (C=O) groups is 1. The number of rotatable bonds is 5. The van der Waals surface area contributed by atoms with Gasteiger partial charge in [0.15, 0.2) is 0 Å². The third-order valence-corrected chi connectivity index (χ3v) is 2.92. The fourth-order valence-corrected chi connectivity index (χ4v) is 1.87. The number of amides is 1. The lowest BCUT2D eigenvalue weighted by Gasteiger charge is -2.33. The first-order chi connectivity index (χ1) is 8.33. The van der Waals surface area contributed by atoms with Crippen molar-refractivity contribution in [1.29, 1.82) is 0 Å². The van der Waals surface area contributed by atoms with E-state index in [0.717, 1.165) is 25.8 Å². The second-order valence-electron chi connectivity index (χ2n) is 4.64. The molecule has 4 nitrogen and oxygen atoms in total. The molecule has 0 bridgehead atoms. The first kappa shape index (κ1) is 15.2. The summed E-state index contributed by atoms with van der Waals surface area (Å²) in [6.45, 7) is 1.26. The van der Waals surface area contributed by atoms with Crippen molar-refractivity contribution in [3.8, 4) is 0 Å². The molecule has 1 aliphatic rings. The Morgan fingerprint density at radius 3 is 2.72 bits per heavy atom. The molecule has 1 atom stereocenters. The van der Waals surface area contributed by atoms with Crippen LogP contribution in [0.1, 0.15) is 26.2 Å². The maximum atomic E-state index is 11.8. The van der Waals surface area contributed by atoms with Crippen LogP contribution < -0.4 is 10.6 Å². The van der Waals surface area contributed by atoms with E-state index >= 15 is 0 Å². The molecule has 1 heterocycles. The van der Waals surface area contributed by atoms with Gasteiger partial charge < -0.3 is 15.4 Å². The molecular weight excluding hydrogens is 249 g/mol. The summed E-state index contributed by atoms with van der Waals surface area (Å²) in [5.41, 5.74) is -0.609. The zero-order chi connectivity index (χ0) is 13.6. The van der Waals surface area contributed by atoms with E-state index < -0.39 is 18.3 Å². The number of hydrogen-bond acceptors (Lipinski definition) is 3. The van der Waals surface area contributed by atoms with Gasteiger partial charge in [-0.2, -0.15) is 13.2 Å². The summed E-state index contributed by atoms with van der Waals surface area (Å²) in [4.78, 5) is 11.8. The van der Waals surface area contributed by atoms with E-state index in [2.05, 4.69) is 15.4 Å². The van der Waals surface area contributed by atoms with Gasteiger partial charge in [-0.05, 0) is 32.7 Å². The van der Waals surface area contributed by atoms with Gasteiger partial charge in [0.2, 0.25) is 5.91 Å². The van der Waals surface area contributed by atoms with Crippen molar-refractivity contribution in [2.24, 2.45) is 0 Å². The van der Waals surface area contributed by atoms with Crippen molar-refractivity contribution in [2.45, 2.75) is 37.9 Å². The standard InChI is InChI=1S/C11H19F3N2O2/c1-10(4-2-3-5-16-10)9(17)15-6-7-18-8-11(12,13)14/h16H,2-8H2,1H3,(H,15,17). The van der Waals surface area contributed by atoms with Crippen molar-refractivity contribution in [3.63, 3.8) is 0 Å². The van der Waals surface area contributed by atoms with Gasteiger partial charge in [-0.15, -0.1) is 0 Å². The number of nitrogens with one attached hydrogen (secondary N) is 2. The molecule has 0 spiro atoms. The molecule has 2 N–H and O–H groups in total. The summed E-state index contributed by atoms with van der Waals surface area (Å²) in [5, 5.41) is 5.71. The second-order valence-corrected chi connectivity index (χ2v) is 4.64. The SMILES string of the molecule is CC1(C(=O)NCCOCC(F)(F)F)CCCCN1. The molecule has 1 amide bonds. The maximum Gasteiger partial charge on any atom is 0.411 e. The summed E-state index contributed by atoms with van der Waals surface area (Å²) in [7, 11) is 0. The van der Waals surface area contributed by atoms with Crippen LogP contribution in [-0.4, -0.2) is 43.9 Å². The Bertz CT molecular complexity index is 276. The van der Waals surface area contributed by atoms with Crippen LogP contribution in [0.4, 0.5) is 13.2 Å². The van der Waals surface area contributed by atoms with Crippen LogP contribution in [0.25, 0.3) is 0 Å². The van der Waals surface area contributed by atoms with Crippen LogP contribution in [-0.2, 0) is 9.53 Å². The quantitative estimate of drug-likeness (QED) is 0.737. The van der Waals surface area contributed by atoms with Crippen LogP contribution >= 0.6 is 0 Å². The fourth-order valence-electron chi connectivity index (χ4n) is 1.87. The minimum atomic E-state index is -4.32. The zero-order valence-corrected chi connectivity index (χ0v) is 10.4. The highest BCUT2D eigenvalue weighted by Gasteiger charge is 2.33. The van der Waals surface area contributed by atoms with E-state index in [1.807, 2.05) is 0 Å². The number of halogens is 3. The highest BCUT2D eigenvalue weighted by molar-refractivity contribution is 5.85. The molecular formula is C11H19F3N2O2. The zero-order valence-electron chi connectivity index (χ0n) is 10.4. The lowest BCUT2D eigenvalue weighted by Crippen LogP contribution is -2.57. The van der Waals surface area contributed by atoms with Crippen LogP contribution in [0.5, 0.6) is 0 Å².